The highest BCUT2D eigenvalue weighted by Gasteiger charge is 2.24. The number of methoxy groups -OCH3 is 1. The van der Waals surface area contributed by atoms with Crippen LogP contribution in [-0.4, -0.2) is 64.6 Å². The second-order valence-corrected chi connectivity index (χ2v) is 7.42. The summed E-state index contributed by atoms with van der Waals surface area (Å²) in [6.45, 7) is 6.02. The lowest BCUT2D eigenvalue weighted by Gasteiger charge is -2.19. The fourth-order valence-electron chi connectivity index (χ4n) is 2.25. The van der Waals surface area contributed by atoms with E-state index in [0.29, 0.717) is 31.8 Å². The van der Waals surface area contributed by atoms with Crippen LogP contribution in [0.2, 0.25) is 0 Å². The molecule has 1 N–H and O–H groups in total. The summed E-state index contributed by atoms with van der Waals surface area (Å²) in [6.07, 6.45) is 0. The molecule has 0 aliphatic rings. The summed E-state index contributed by atoms with van der Waals surface area (Å²) in [5, 5.41) is 2.53. The van der Waals surface area contributed by atoms with Crippen LogP contribution in [0.15, 0.2) is 23.1 Å². The van der Waals surface area contributed by atoms with Crippen LogP contribution >= 0.6 is 0 Å². The summed E-state index contributed by atoms with van der Waals surface area (Å²) in [6, 6.07) is 4.29. The van der Waals surface area contributed by atoms with E-state index in [1.807, 2.05) is 0 Å². The van der Waals surface area contributed by atoms with Gasteiger partial charge in [-0.15, -0.1) is 0 Å². The van der Waals surface area contributed by atoms with Crippen LogP contribution in [0, 0.1) is 6.92 Å². The number of carbonyl (C=O) groups excluding carboxylic acids is 2. The number of aryl methyl sites for hydroxylation is 1. The molecule has 146 valence electrons. The highest BCUT2D eigenvalue weighted by atomic mass is 32.2. The zero-order chi connectivity index (χ0) is 19.7. The number of rotatable bonds is 10. The molecule has 0 fully saturated rings. The monoisotopic (exact) mass is 386 g/mol. The lowest BCUT2D eigenvalue weighted by molar-refractivity contribution is -0.124. The van der Waals surface area contributed by atoms with Gasteiger partial charge in [0, 0.05) is 26.7 Å². The van der Waals surface area contributed by atoms with E-state index in [2.05, 4.69) is 5.32 Å². The van der Waals surface area contributed by atoms with Crippen molar-refractivity contribution < 1.29 is 27.5 Å². The van der Waals surface area contributed by atoms with Gasteiger partial charge in [-0.3, -0.25) is 4.79 Å². The molecule has 8 nitrogen and oxygen atoms in total. The molecule has 0 atom stereocenters. The molecule has 26 heavy (non-hydrogen) atoms. The standard InChI is InChI=1S/C17H26N2O6S/c1-5-19(6-2)26(22,23)14-8-7-13(3)15(11-14)17(21)25-12-16(20)18-9-10-24-4/h7-8,11H,5-6,9-10,12H2,1-4H3,(H,18,20). The van der Waals surface area contributed by atoms with Gasteiger partial charge in [0.25, 0.3) is 5.91 Å². The van der Waals surface area contributed by atoms with E-state index in [1.165, 1.54) is 23.5 Å². The Balaban J connectivity index is 2.90. The van der Waals surface area contributed by atoms with Crippen LogP contribution in [-0.2, 0) is 24.3 Å². The summed E-state index contributed by atoms with van der Waals surface area (Å²) in [5.74, 6) is -1.21. The van der Waals surface area contributed by atoms with Gasteiger partial charge >= 0.3 is 5.97 Å². The van der Waals surface area contributed by atoms with Crippen molar-refractivity contribution in [1.29, 1.82) is 0 Å². The van der Waals surface area contributed by atoms with Gasteiger partial charge in [0.05, 0.1) is 17.1 Å². The van der Waals surface area contributed by atoms with Gasteiger partial charge in [0.1, 0.15) is 0 Å². The predicted octanol–water partition coefficient (Wildman–Crippen LogP) is 0.945. The maximum atomic E-state index is 12.6. The second kappa shape index (κ2) is 10.2. The number of sulfonamides is 1. The number of hydrogen-bond acceptors (Lipinski definition) is 6. The maximum absolute atomic E-state index is 12.6. The number of ether oxygens (including phenoxy) is 2. The van der Waals surface area contributed by atoms with Gasteiger partial charge in [-0.2, -0.15) is 4.31 Å². The molecule has 1 amide bonds. The van der Waals surface area contributed by atoms with E-state index in [-0.39, 0.29) is 10.5 Å². The Kier molecular flexibility index (Phi) is 8.70. The Hall–Kier alpha value is -1.97. The Morgan fingerprint density at radius 3 is 2.42 bits per heavy atom. The minimum absolute atomic E-state index is 0.0169. The fraction of sp³-hybridized carbons (Fsp3) is 0.529. The Labute approximate surface area is 154 Å². The fourth-order valence-corrected chi connectivity index (χ4v) is 3.73. The molecule has 0 radical (unpaired) electrons. The first-order valence-electron chi connectivity index (χ1n) is 8.31. The molecule has 0 aliphatic heterocycles. The number of amides is 1. The number of benzene rings is 1. The highest BCUT2D eigenvalue weighted by molar-refractivity contribution is 7.89. The zero-order valence-corrected chi connectivity index (χ0v) is 16.4. The van der Waals surface area contributed by atoms with Crippen molar-refractivity contribution in [1.82, 2.24) is 9.62 Å². The molecule has 0 saturated heterocycles. The van der Waals surface area contributed by atoms with Crippen molar-refractivity contribution in [2.75, 3.05) is 40.0 Å². The molecular formula is C17H26N2O6S. The van der Waals surface area contributed by atoms with Crippen LogP contribution in [0.4, 0.5) is 0 Å². The van der Waals surface area contributed by atoms with Crippen LogP contribution in [0.25, 0.3) is 0 Å². The first-order chi connectivity index (χ1) is 12.3. The molecule has 0 bridgehead atoms. The molecule has 0 aromatic heterocycles. The predicted molar refractivity (Wildman–Crippen MR) is 96.5 cm³/mol. The molecule has 0 saturated carbocycles. The number of nitrogens with one attached hydrogen (secondary N) is 1. The van der Waals surface area contributed by atoms with E-state index in [4.69, 9.17) is 9.47 Å². The zero-order valence-electron chi connectivity index (χ0n) is 15.6. The summed E-state index contributed by atoms with van der Waals surface area (Å²) in [7, 11) is -2.18. The number of carbonyl (C=O) groups is 2. The van der Waals surface area contributed by atoms with Crippen LogP contribution in [0.1, 0.15) is 29.8 Å². The van der Waals surface area contributed by atoms with E-state index < -0.39 is 28.5 Å². The van der Waals surface area contributed by atoms with Crippen LogP contribution < -0.4 is 5.32 Å². The molecule has 1 rings (SSSR count). The van der Waals surface area contributed by atoms with Crippen molar-refractivity contribution in [3.63, 3.8) is 0 Å². The smallest absolute Gasteiger partial charge is 0.338 e. The molecule has 9 heteroatoms. The molecule has 0 spiro atoms. The molecule has 0 aliphatic carbocycles. The van der Waals surface area contributed by atoms with Gasteiger partial charge in [-0.05, 0) is 24.6 Å². The summed E-state index contributed by atoms with van der Waals surface area (Å²) in [5.41, 5.74) is 0.677. The largest absolute Gasteiger partial charge is 0.452 e. The quantitative estimate of drug-likeness (QED) is 0.474. The summed E-state index contributed by atoms with van der Waals surface area (Å²) >= 11 is 0. The first-order valence-corrected chi connectivity index (χ1v) is 9.75. The van der Waals surface area contributed by atoms with Gasteiger partial charge in [-0.1, -0.05) is 19.9 Å². The van der Waals surface area contributed by atoms with Crippen LogP contribution in [0.3, 0.4) is 0 Å². The molecule has 1 aromatic carbocycles. The van der Waals surface area contributed by atoms with Crippen LogP contribution in [0.5, 0.6) is 0 Å². The van der Waals surface area contributed by atoms with Crippen molar-refractivity contribution in [3.8, 4) is 0 Å². The molecule has 0 heterocycles. The lowest BCUT2D eigenvalue weighted by Crippen LogP contribution is -2.32. The molecule has 1 aromatic rings. The number of esters is 1. The Morgan fingerprint density at radius 2 is 1.85 bits per heavy atom. The third-order valence-corrected chi connectivity index (χ3v) is 5.78. The normalized spacial score (nSPS) is 11.4. The van der Waals surface area contributed by atoms with E-state index in [1.54, 1.807) is 26.8 Å². The minimum atomic E-state index is -3.69. The Bertz CT molecular complexity index is 729. The van der Waals surface area contributed by atoms with Gasteiger partial charge < -0.3 is 14.8 Å². The topological polar surface area (TPSA) is 102 Å². The first kappa shape index (κ1) is 22.1. The summed E-state index contributed by atoms with van der Waals surface area (Å²) < 4.78 is 36.3. The third-order valence-electron chi connectivity index (χ3n) is 3.73. The van der Waals surface area contributed by atoms with E-state index in [0.717, 1.165) is 0 Å². The second-order valence-electron chi connectivity index (χ2n) is 5.48. The van der Waals surface area contributed by atoms with Crippen molar-refractivity contribution in [3.05, 3.63) is 29.3 Å². The number of hydrogen-bond donors (Lipinski definition) is 1. The van der Waals surface area contributed by atoms with Crippen molar-refractivity contribution in [2.45, 2.75) is 25.7 Å². The van der Waals surface area contributed by atoms with Crippen molar-refractivity contribution in [2.24, 2.45) is 0 Å². The number of nitrogens with zero attached hydrogens (tertiary/aromatic N) is 1. The lowest BCUT2D eigenvalue weighted by atomic mass is 10.1. The van der Waals surface area contributed by atoms with E-state index in [9.17, 15) is 18.0 Å². The minimum Gasteiger partial charge on any atom is -0.452 e. The van der Waals surface area contributed by atoms with Gasteiger partial charge in [-0.25, -0.2) is 13.2 Å². The van der Waals surface area contributed by atoms with Gasteiger partial charge in [0.15, 0.2) is 6.61 Å². The maximum Gasteiger partial charge on any atom is 0.338 e. The third kappa shape index (κ3) is 5.79. The average molecular weight is 386 g/mol. The molecule has 0 unspecified atom stereocenters. The summed E-state index contributed by atoms with van der Waals surface area (Å²) in [4.78, 5) is 23.9. The molecular weight excluding hydrogens is 360 g/mol. The average Bonchev–Trinajstić information content (AvgIpc) is 2.61. The van der Waals surface area contributed by atoms with Gasteiger partial charge in [0.2, 0.25) is 10.0 Å². The Morgan fingerprint density at radius 1 is 1.19 bits per heavy atom. The highest BCUT2D eigenvalue weighted by Crippen LogP contribution is 2.20. The van der Waals surface area contributed by atoms with Crippen molar-refractivity contribution >= 4 is 21.9 Å². The SMILES string of the molecule is CCN(CC)S(=O)(=O)c1ccc(C)c(C(=O)OCC(=O)NCCOC)c1. The van der Waals surface area contributed by atoms with E-state index >= 15 is 0 Å².